The number of anilines is 1. The van der Waals surface area contributed by atoms with Crippen LogP contribution in [0.4, 0.5) is 11.4 Å². The number of amides is 1. The third-order valence-corrected chi connectivity index (χ3v) is 1.92. The highest BCUT2D eigenvalue weighted by Crippen LogP contribution is 2.14. The van der Waals surface area contributed by atoms with Crippen molar-refractivity contribution in [2.75, 3.05) is 18.9 Å². The average Bonchev–Trinajstić information content (AvgIpc) is 2.33. The van der Waals surface area contributed by atoms with Crippen molar-refractivity contribution in [3.8, 4) is 0 Å². The second kappa shape index (κ2) is 6.62. The van der Waals surface area contributed by atoms with Gasteiger partial charge in [0.15, 0.2) is 0 Å². The summed E-state index contributed by atoms with van der Waals surface area (Å²) in [4.78, 5) is 15.1. The number of rotatable bonds is 5. The van der Waals surface area contributed by atoms with Crippen molar-refractivity contribution in [2.24, 2.45) is 4.99 Å². The van der Waals surface area contributed by atoms with E-state index >= 15 is 0 Å². The maximum absolute atomic E-state index is 11.2. The predicted octanol–water partition coefficient (Wildman–Crippen LogP) is -0.560. The van der Waals surface area contributed by atoms with E-state index < -0.39 is 18.6 Å². The van der Waals surface area contributed by atoms with Crippen LogP contribution in [0, 0.1) is 0 Å². The van der Waals surface area contributed by atoms with Crippen molar-refractivity contribution in [3.63, 3.8) is 0 Å². The predicted molar refractivity (Wildman–Crippen MR) is 65.1 cm³/mol. The second-order valence-electron chi connectivity index (χ2n) is 3.43. The molecule has 0 aliphatic carbocycles. The molecule has 0 bridgehead atoms. The average molecular weight is 237 g/mol. The van der Waals surface area contributed by atoms with Gasteiger partial charge in [-0.3, -0.25) is 9.79 Å². The summed E-state index contributed by atoms with van der Waals surface area (Å²) in [6.45, 7) is -0.412. The third-order valence-electron chi connectivity index (χ3n) is 1.92. The number of nitrogen functional groups attached to an aromatic ring is 1. The quantitative estimate of drug-likeness (QED) is 0.406. The van der Waals surface area contributed by atoms with E-state index in [9.17, 15) is 4.79 Å². The Morgan fingerprint density at radius 2 is 2.35 bits per heavy atom. The van der Waals surface area contributed by atoms with Gasteiger partial charge in [-0.05, 0) is 18.2 Å². The summed E-state index contributed by atoms with van der Waals surface area (Å²) < 4.78 is 0. The molecule has 17 heavy (non-hydrogen) atoms. The molecular formula is C11H15N3O3. The molecule has 0 fully saturated rings. The van der Waals surface area contributed by atoms with Crippen molar-refractivity contribution in [1.82, 2.24) is 5.32 Å². The Labute approximate surface area is 98.8 Å². The molecule has 92 valence electrons. The number of nitrogens with zero attached hydrogens (tertiary/aromatic N) is 1. The lowest BCUT2D eigenvalue weighted by molar-refractivity contribution is -0.114. The van der Waals surface area contributed by atoms with E-state index in [4.69, 9.17) is 15.9 Å². The number of aliphatic hydroxyl groups is 2. The van der Waals surface area contributed by atoms with Crippen LogP contribution in [-0.2, 0) is 4.79 Å². The fourth-order valence-electron chi connectivity index (χ4n) is 1.07. The Balaban J connectivity index is 2.45. The van der Waals surface area contributed by atoms with Crippen molar-refractivity contribution < 1.29 is 15.0 Å². The van der Waals surface area contributed by atoms with E-state index in [1.54, 1.807) is 24.3 Å². The minimum atomic E-state index is -0.959. The smallest absolute Gasteiger partial charge is 0.262 e. The summed E-state index contributed by atoms with van der Waals surface area (Å²) in [5.74, 6) is -0.445. The minimum Gasteiger partial charge on any atom is -0.399 e. The van der Waals surface area contributed by atoms with Crippen molar-refractivity contribution in [3.05, 3.63) is 24.3 Å². The number of hydrogen-bond acceptors (Lipinski definition) is 5. The Kier molecular flexibility index (Phi) is 5.12. The number of carbonyl (C=O) groups is 1. The fourth-order valence-corrected chi connectivity index (χ4v) is 1.07. The highest BCUT2D eigenvalue weighted by Gasteiger charge is 2.03. The summed E-state index contributed by atoms with van der Waals surface area (Å²) in [7, 11) is 0. The van der Waals surface area contributed by atoms with Gasteiger partial charge in [-0.25, -0.2) is 0 Å². The van der Waals surface area contributed by atoms with Crippen LogP contribution < -0.4 is 11.1 Å². The first-order valence-corrected chi connectivity index (χ1v) is 5.08. The SMILES string of the molecule is Nc1cccc(N=CC(=O)NCC(O)CO)c1. The number of aliphatic hydroxyl groups excluding tert-OH is 2. The lowest BCUT2D eigenvalue weighted by atomic mass is 10.3. The molecule has 1 aromatic rings. The Bertz CT molecular complexity index is 407. The number of hydrogen-bond donors (Lipinski definition) is 4. The summed E-state index contributed by atoms with van der Waals surface area (Å²) >= 11 is 0. The number of nitrogens with one attached hydrogen (secondary N) is 1. The minimum absolute atomic E-state index is 0.0156. The van der Waals surface area contributed by atoms with E-state index in [0.29, 0.717) is 11.4 Å². The van der Waals surface area contributed by atoms with Crippen molar-refractivity contribution >= 4 is 23.5 Å². The molecule has 1 rings (SSSR count). The van der Waals surface area contributed by atoms with Crippen LogP contribution in [0.15, 0.2) is 29.3 Å². The van der Waals surface area contributed by atoms with Crippen molar-refractivity contribution in [1.29, 1.82) is 0 Å². The lowest BCUT2D eigenvalue weighted by Gasteiger charge is -2.06. The van der Waals surface area contributed by atoms with Gasteiger partial charge in [-0.15, -0.1) is 0 Å². The summed E-state index contributed by atoms with van der Waals surface area (Å²) in [6.07, 6.45) is 0.138. The molecule has 0 radical (unpaired) electrons. The molecule has 1 unspecified atom stereocenters. The molecule has 1 aromatic carbocycles. The molecule has 0 aromatic heterocycles. The summed E-state index contributed by atoms with van der Waals surface area (Å²) in [5, 5.41) is 19.9. The van der Waals surface area contributed by atoms with E-state index in [0.717, 1.165) is 6.21 Å². The molecule has 0 spiro atoms. The fraction of sp³-hybridized carbons (Fsp3) is 0.273. The van der Waals surface area contributed by atoms with Crippen molar-refractivity contribution in [2.45, 2.75) is 6.10 Å². The van der Waals surface area contributed by atoms with Gasteiger partial charge in [0.2, 0.25) is 0 Å². The van der Waals surface area contributed by atoms with Crippen LogP contribution >= 0.6 is 0 Å². The van der Waals surface area contributed by atoms with Gasteiger partial charge in [0.25, 0.3) is 5.91 Å². The van der Waals surface area contributed by atoms with Crippen LogP contribution in [0.25, 0.3) is 0 Å². The van der Waals surface area contributed by atoms with Crippen LogP contribution in [0.2, 0.25) is 0 Å². The van der Waals surface area contributed by atoms with Gasteiger partial charge in [0.1, 0.15) is 0 Å². The molecule has 6 nitrogen and oxygen atoms in total. The maximum atomic E-state index is 11.2. The van der Waals surface area contributed by atoms with Gasteiger partial charge < -0.3 is 21.3 Å². The zero-order chi connectivity index (χ0) is 12.7. The molecule has 5 N–H and O–H groups in total. The Morgan fingerprint density at radius 3 is 3.00 bits per heavy atom. The molecule has 1 amide bonds. The third kappa shape index (κ3) is 5.10. The highest BCUT2D eigenvalue weighted by molar-refractivity contribution is 6.26. The molecule has 1 atom stereocenters. The molecule has 0 saturated heterocycles. The summed E-state index contributed by atoms with van der Waals surface area (Å²) in [6, 6.07) is 6.79. The van der Waals surface area contributed by atoms with E-state index in [1.165, 1.54) is 0 Å². The number of carbonyl (C=O) groups excluding carboxylic acids is 1. The van der Waals surface area contributed by atoms with Crippen LogP contribution in [0.1, 0.15) is 0 Å². The van der Waals surface area contributed by atoms with Crippen LogP contribution in [0.5, 0.6) is 0 Å². The molecule has 0 saturated carbocycles. The zero-order valence-corrected chi connectivity index (χ0v) is 9.21. The zero-order valence-electron chi connectivity index (χ0n) is 9.21. The van der Waals surface area contributed by atoms with E-state index in [-0.39, 0.29) is 6.54 Å². The maximum Gasteiger partial charge on any atom is 0.262 e. The first kappa shape index (κ1) is 13.1. The molecule has 6 heteroatoms. The Morgan fingerprint density at radius 1 is 1.59 bits per heavy atom. The topological polar surface area (TPSA) is 108 Å². The summed E-state index contributed by atoms with van der Waals surface area (Å²) in [5.41, 5.74) is 6.68. The standard InChI is InChI=1S/C11H15N3O3/c12-8-2-1-3-9(4-8)13-6-11(17)14-5-10(16)7-15/h1-4,6,10,15-16H,5,7,12H2,(H,14,17). The van der Waals surface area contributed by atoms with Crippen LogP contribution in [-0.4, -0.2) is 41.6 Å². The molecule has 0 aliphatic rings. The van der Waals surface area contributed by atoms with Gasteiger partial charge >= 0.3 is 0 Å². The first-order valence-electron chi connectivity index (χ1n) is 5.08. The van der Waals surface area contributed by atoms with Gasteiger partial charge in [0, 0.05) is 12.2 Å². The van der Waals surface area contributed by atoms with E-state index in [1.807, 2.05) is 0 Å². The van der Waals surface area contributed by atoms with Gasteiger partial charge in [0.05, 0.1) is 24.6 Å². The lowest BCUT2D eigenvalue weighted by Crippen LogP contribution is -2.34. The van der Waals surface area contributed by atoms with E-state index in [2.05, 4.69) is 10.3 Å². The normalized spacial score (nSPS) is 12.6. The molecule has 0 aliphatic heterocycles. The highest BCUT2D eigenvalue weighted by atomic mass is 16.3. The second-order valence-corrected chi connectivity index (χ2v) is 3.43. The van der Waals surface area contributed by atoms with Gasteiger partial charge in [-0.1, -0.05) is 6.07 Å². The monoisotopic (exact) mass is 237 g/mol. The molecule has 0 heterocycles. The first-order chi connectivity index (χ1) is 8.11. The number of nitrogens with two attached hydrogens (primary N) is 1. The Hall–Kier alpha value is -1.92. The number of aliphatic imine (C=N–C) groups is 1. The largest absolute Gasteiger partial charge is 0.399 e. The molecular weight excluding hydrogens is 222 g/mol. The number of benzene rings is 1. The van der Waals surface area contributed by atoms with Crippen LogP contribution in [0.3, 0.4) is 0 Å². The van der Waals surface area contributed by atoms with Gasteiger partial charge in [-0.2, -0.15) is 0 Å².